The summed E-state index contributed by atoms with van der Waals surface area (Å²) in [4.78, 5) is 0. The molecule has 4 heteroatoms. The molecule has 0 saturated heterocycles. The quantitative estimate of drug-likeness (QED) is 0.594. The van der Waals surface area contributed by atoms with Crippen LogP contribution < -0.4 is 0 Å². The van der Waals surface area contributed by atoms with Gasteiger partial charge in [-0.1, -0.05) is 0 Å². The van der Waals surface area contributed by atoms with Crippen LogP contribution in [0, 0.1) is 0 Å². The Labute approximate surface area is 111 Å². The number of aliphatic hydroxyl groups excluding tert-OH is 3. The third-order valence-corrected chi connectivity index (χ3v) is 3.22. The van der Waals surface area contributed by atoms with E-state index in [1.54, 1.807) is 0 Å². The van der Waals surface area contributed by atoms with Gasteiger partial charge in [0.05, 0.1) is 18.3 Å². The van der Waals surface area contributed by atoms with E-state index in [2.05, 4.69) is 0 Å². The van der Waals surface area contributed by atoms with Crippen LogP contribution in [-0.4, -0.2) is 33.6 Å². The van der Waals surface area contributed by atoms with E-state index in [9.17, 15) is 0 Å². The summed E-state index contributed by atoms with van der Waals surface area (Å²) in [6.07, 6.45) is 10.2. The molecule has 3 N–H and O–H groups in total. The van der Waals surface area contributed by atoms with Gasteiger partial charge in [0, 0.05) is 19.5 Å². The maximum absolute atomic E-state index is 8.45. The van der Waals surface area contributed by atoms with Crippen LogP contribution in [0.3, 0.4) is 0 Å². The first kappa shape index (κ1) is 16.5. The average molecular weight is 319 g/mol. The van der Waals surface area contributed by atoms with E-state index in [1.165, 1.54) is 19.3 Å². The molecule has 99 valence electrons. The number of hydrogen-bond donors (Lipinski definition) is 3. The van der Waals surface area contributed by atoms with Crippen LogP contribution in [0.15, 0.2) is 0 Å². The van der Waals surface area contributed by atoms with E-state index in [1.807, 2.05) is 0 Å². The Hall–Kier alpha value is 0.503. The van der Waals surface area contributed by atoms with E-state index in [-0.39, 0.29) is 37.8 Å². The Bertz CT molecular complexity index is 126. The summed E-state index contributed by atoms with van der Waals surface area (Å²) in [5, 5.41) is 25.3. The van der Waals surface area contributed by atoms with Crippen molar-refractivity contribution in [1.82, 2.24) is 0 Å². The zero-order valence-corrected chi connectivity index (χ0v) is 11.4. The Morgan fingerprint density at radius 1 is 0.500 bits per heavy atom. The van der Waals surface area contributed by atoms with Crippen LogP contribution >= 0.6 is 0 Å². The predicted octanol–water partition coefficient (Wildman–Crippen LogP) is 1.59. The van der Waals surface area contributed by atoms with Gasteiger partial charge in [-0.2, -0.15) is 0 Å². The molecule has 3 fully saturated rings. The van der Waals surface area contributed by atoms with E-state index in [4.69, 9.17) is 15.3 Å². The van der Waals surface area contributed by atoms with Crippen molar-refractivity contribution < 1.29 is 34.8 Å². The summed E-state index contributed by atoms with van der Waals surface area (Å²) in [5.41, 5.74) is 0. The molecule has 0 amide bonds. The summed E-state index contributed by atoms with van der Waals surface area (Å²) in [7, 11) is 0. The largest absolute Gasteiger partial charge is 0.393 e. The summed E-state index contributed by atoms with van der Waals surface area (Å²) in [6.45, 7) is 0. The minimum atomic E-state index is 0. The first-order valence-corrected chi connectivity index (χ1v) is 6.22. The smallest absolute Gasteiger partial charge is 0.0540 e. The molecule has 3 saturated carbocycles. The maximum Gasteiger partial charge on any atom is 0.0540 e. The molecule has 3 nitrogen and oxygen atoms in total. The van der Waals surface area contributed by atoms with Crippen LogP contribution in [0.5, 0.6) is 0 Å². The molecule has 0 aromatic heterocycles. The van der Waals surface area contributed by atoms with Gasteiger partial charge in [-0.15, -0.1) is 0 Å². The fraction of sp³-hybridized carbons (Fsp3) is 1.00. The van der Waals surface area contributed by atoms with Gasteiger partial charge in [-0.25, -0.2) is 0 Å². The molecule has 0 aromatic carbocycles. The Balaban J connectivity index is 0.000000205. The number of rotatable bonds is 0. The SMILES string of the molecule is OC1CCC1.OC1CCC1.OC1CCC1.[Rh]. The van der Waals surface area contributed by atoms with Gasteiger partial charge in [0.2, 0.25) is 0 Å². The molecule has 0 spiro atoms. The summed E-state index contributed by atoms with van der Waals surface area (Å²) >= 11 is 0. The molecule has 3 aliphatic rings. The molecule has 0 aliphatic heterocycles. The van der Waals surface area contributed by atoms with Crippen molar-refractivity contribution in [1.29, 1.82) is 0 Å². The van der Waals surface area contributed by atoms with Crippen molar-refractivity contribution in [2.45, 2.75) is 76.1 Å². The van der Waals surface area contributed by atoms with Crippen molar-refractivity contribution in [2.75, 3.05) is 0 Å². The third-order valence-electron chi connectivity index (χ3n) is 3.22. The van der Waals surface area contributed by atoms with Gasteiger partial charge in [0.25, 0.3) is 0 Å². The van der Waals surface area contributed by atoms with Crippen LogP contribution in [0.2, 0.25) is 0 Å². The third kappa shape index (κ3) is 7.72. The molecular weight excluding hydrogens is 295 g/mol. The maximum atomic E-state index is 8.45. The minimum Gasteiger partial charge on any atom is -0.393 e. The number of hydrogen-bond acceptors (Lipinski definition) is 3. The van der Waals surface area contributed by atoms with Gasteiger partial charge in [-0.3, -0.25) is 0 Å². The fourth-order valence-corrected chi connectivity index (χ4v) is 1.16. The molecule has 3 aliphatic carbocycles. The van der Waals surface area contributed by atoms with Crippen LogP contribution in [0.25, 0.3) is 0 Å². The van der Waals surface area contributed by atoms with Crippen molar-refractivity contribution in [2.24, 2.45) is 0 Å². The summed E-state index contributed by atoms with van der Waals surface area (Å²) < 4.78 is 0. The molecule has 16 heavy (non-hydrogen) atoms. The molecule has 0 unspecified atom stereocenters. The monoisotopic (exact) mass is 319 g/mol. The second-order valence-corrected chi connectivity index (χ2v) is 4.75. The van der Waals surface area contributed by atoms with Gasteiger partial charge in [0.1, 0.15) is 0 Å². The molecular formula is C12H24O3Rh. The van der Waals surface area contributed by atoms with Gasteiger partial charge in [-0.05, 0) is 57.8 Å². The van der Waals surface area contributed by atoms with E-state index < -0.39 is 0 Å². The van der Waals surface area contributed by atoms with Gasteiger partial charge in [0.15, 0.2) is 0 Å². The minimum absolute atomic E-state index is 0. The second kappa shape index (κ2) is 9.52. The van der Waals surface area contributed by atoms with Crippen molar-refractivity contribution in [3.8, 4) is 0 Å². The normalized spacial score (nSPS) is 24.2. The van der Waals surface area contributed by atoms with Crippen LogP contribution in [0.1, 0.15) is 57.8 Å². The molecule has 0 heterocycles. The molecule has 3 rings (SSSR count). The van der Waals surface area contributed by atoms with E-state index >= 15 is 0 Å². The Kier molecular flexibility index (Phi) is 9.82. The van der Waals surface area contributed by atoms with E-state index in [0.29, 0.717) is 0 Å². The standard InChI is InChI=1S/3C4H8O.Rh/c3*5-4-2-1-3-4;/h3*4-5H,1-3H2;. The van der Waals surface area contributed by atoms with Crippen molar-refractivity contribution in [3.05, 3.63) is 0 Å². The molecule has 0 aromatic rings. The average Bonchev–Trinajstić information content (AvgIpc) is 2.10. The first-order valence-electron chi connectivity index (χ1n) is 6.22. The van der Waals surface area contributed by atoms with Crippen molar-refractivity contribution in [3.63, 3.8) is 0 Å². The van der Waals surface area contributed by atoms with Gasteiger partial charge < -0.3 is 15.3 Å². The fourth-order valence-electron chi connectivity index (χ4n) is 1.16. The zero-order valence-electron chi connectivity index (χ0n) is 9.77. The second-order valence-electron chi connectivity index (χ2n) is 4.75. The van der Waals surface area contributed by atoms with Crippen LogP contribution in [0.4, 0.5) is 0 Å². The Morgan fingerprint density at radius 3 is 0.625 bits per heavy atom. The molecule has 1 radical (unpaired) electrons. The van der Waals surface area contributed by atoms with Gasteiger partial charge >= 0.3 is 0 Å². The summed E-state index contributed by atoms with van der Waals surface area (Å²) in [5.74, 6) is 0. The van der Waals surface area contributed by atoms with Crippen LogP contribution in [-0.2, 0) is 19.5 Å². The predicted molar refractivity (Wildman–Crippen MR) is 59.6 cm³/mol. The zero-order chi connectivity index (χ0) is 11.1. The molecule has 0 atom stereocenters. The van der Waals surface area contributed by atoms with E-state index in [0.717, 1.165) is 38.5 Å². The first-order chi connectivity index (χ1) is 7.18. The number of aliphatic hydroxyl groups is 3. The van der Waals surface area contributed by atoms with Crippen molar-refractivity contribution >= 4 is 0 Å². The Morgan fingerprint density at radius 2 is 0.625 bits per heavy atom. The summed E-state index contributed by atoms with van der Waals surface area (Å²) in [6, 6.07) is 0. The molecule has 0 bridgehead atoms. The topological polar surface area (TPSA) is 60.7 Å².